The average molecular weight is 395 g/mol. The van der Waals surface area contributed by atoms with E-state index < -0.39 is 15.4 Å². The van der Waals surface area contributed by atoms with Crippen molar-refractivity contribution in [3.63, 3.8) is 0 Å². The van der Waals surface area contributed by atoms with Gasteiger partial charge in [-0.1, -0.05) is 11.6 Å². The molecule has 1 fully saturated rings. The Bertz CT molecular complexity index is 682. The summed E-state index contributed by atoms with van der Waals surface area (Å²) in [5.74, 6) is -0.0676. The molecular weight excluding hydrogens is 372 g/mol. The third kappa shape index (κ3) is 6.22. The predicted molar refractivity (Wildman–Crippen MR) is 95.1 cm³/mol. The second kappa shape index (κ2) is 7.58. The quantitative estimate of drug-likeness (QED) is 0.782. The zero-order chi connectivity index (χ0) is 18.0. The first-order valence-electron chi connectivity index (χ1n) is 7.83. The molecule has 0 aliphatic carbocycles. The van der Waals surface area contributed by atoms with Crippen molar-refractivity contribution in [1.29, 1.82) is 0 Å². The van der Waals surface area contributed by atoms with Crippen LogP contribution in [0.4, 0.5) is 4.79 Å². The lowest BCUT2D eigenvalue weighted by Crippen LogP contribution is -2.44. The highest BCUT2D eigenvalue weighted by molar-refractivity contribution is 7.90. The molecule has 0 bridgehead atoms. The number of aromatic nitrogens is 1. The molecule has 1 aromatic rings. The Balaban J connectivity index is 1.93. The molecule has 0 spiro atoms. The summed E-state index contributed by atoms with van der Waals surface area (Å²) in [5, 5.41) is 0. The van der Waals surface area contributed by atoms with E-state index >= 15 is 0 Å². The van der Waals surface area contributed by atoms with Crippen LogP contribution in [-0.4, -0.2) is 48.8 Å². The van der Waals surface area contributed by atoms with Gasteiger partial charge in [0.1, 0.15) is 5.60 Å². The van der Waals surface area contributed by atoms with E-state index in [2.05, 4.69) is 4.98 Å². The molecule has 136 valence electrons. The Morgan fingerprint density at radius 1 is 1.50 bits per heavy atom. The number of halogens is 1. The molecule has 6 nitrogen and oxygen atoms in total. The first-order chi connectivity index (χ1) is 11.0. The molecule has 0 radical (unpaired) electrons. The fourth-order valence-corrected chi connectivity index (χ4v) is 5.84. The molecule has 24 heavy (non-hydrogen) atoms. The highest BCUT2D eigenvalue weighted by atomic mass is 35.5. The van der Waals surface area contributed by atoms with E-state index in [1.165, 1.54) is 17.5 Å². The first-order valence-corrected chi connectivity index (χ1v) is 10.8. The Labute approximate surface area is 152 Å². The Morgan fingerprint density at radius 2 is 2.21 bits per heavy atom. The lowest BCUT2D eigenvalue weighted by molar-refractivity contribution is 0.0176. The number of hydrogen-bond donors (Lipinski definition) is 0. The van der Waals surface area contributed by atoms with Gasteiger partial charge in [-0.2, -0.15) is 0 Å². The average Bonchev–Trinajstić information content (AvgIpc) is 2.81. The van der Waals surface area contributed by atoms with Crippen LogP contribution in [0.3, 0.4) is 0 Å². The number of thiazole rings is 1. The minimum atomic E-state index is -3.27. The van der Waals surface area contributed by atoms with Gasteiger partial charge in [0.15, 0.2) is 14.3 Å². The number of nitrogens with zero attached hydrogens (tertiary/aromatic N) is 2. The fraction of sp³-hybridized carbons (Fsp3) is 0.733. The maximum absolute atomic E-state index is 12.4. The molecule has 0 saturated carbocycles. The molecule has 1 aliphatic heterocycles. The highest BCUT2D eigenvalue weighted by Gasteiger charge is 2.30. The van der Waals surface area contributed by atoms with E-state index in [0.717, 1.165) is 12.8 Å². The number of amides is 1. The summed E-state index contributed by atoms with van der Waals surface area (Å²) in [6.45, 7) is 6.47. The van der Waals surface area contributed by atoms with Crippen molar-refractivity contribution in [3.8, 4) is 0 Å². The summed E-state index contributed by atoms with van der Waals surface area (Å²) >= 11 is 6.92. The van der Waals surface area contributed by atoms with Crippen LogP contribution in [0.2, 0.25) is 4.47 Å². The summed E-state index contributed by atoms with van der Waals surface area (Å²) in [6.07, 6.45) is 2.70. The maximum atomic E-state index is 12.4. The van der Waals surface area contributed by atoms with Crippen molar-refractivity contribution in [2.45, 2.75) is 45.0 Å². The van der Waals surface area contributed by atoms with E-state index in [1.807, 2.05) is 20.8 Å². The van der Waals surface area contributed by atoms with Crippen LogP contribution in [0.25, 0.3) is 0 Å². The van der Waals surface area contributed by atoms with Crippen LogP contribution in [0.5, 0.6) is 0 Å². The van der Waals surface area contributed by atoms with Crippen molar-refractivity contribution >= 4 is 38.9 Å². The van der Waals surface area contributed by atoms with Crippen LogP contribution in [0, 0.1) is 5.92 Å². The number of carbonyl (C=O) groups is 1. The molecule has 0 aromatic carbocycles. The van der Waals surface area contributed by atoms with Crippen LogP contribution < -0.4 is 0 Å². The standard InChI is InChI=1S/C15H23ClN2O4S2/c1-15(2,3)22-14(19)18-6-4-5-11(8-18)9-24(20,21)10-12-7-17-13(16)23-12/h7,11H,4-6,8-10H2,1-3H3/t11-/m1/s1. The summed E-state index contributed by atoms with van der Waals surface area (Å²) < 4.78 is 30.5. The van der Waals surface area contributed by atoms with Crippen molar-refractivity contribution < 1.29 is 17.9 Å². The van der Waals surface area contributed by atoms with Crippen molar-refractivity contribution in [2.24, 2.45) is 5.92 Å². The summed E-state index contributed by atoms with van der Waals surface area (Å²) in [6, 6.07) is 0. The number of sulfone groups is 1. The normalized spacial score (nSPS) is 19.3. The first kappa shape index (κ1) is 19.5. The predicted octanol–water partition coefficient (Wildman–Crippen LogP) is 3.36. The maximum Gasteiger partial charge on any atom is 0.410 e. The van der Waals surface area contributed by atoms with E-state index in [0.29, 0.717) is 22.4 Å². The Hall–Kier alpha value is -0.860. The SMILES string of the molecule is CC(C)(C)OC(=O)N1CCC[C@@H](CS(=O)(=O)Cc2cnc(Cl)s2)C1. The van der Waals surface area contributed by atoms with Gasteiger partial charge in [-0.25, -0.2) is 18.2 Å². The van der Waals surface area contributed by atoms with Gasteiger partial charge in [0.25, 0.3) is 0 Å². The molecule has 2 rings (SSSR count). The van der Waals surface area contributed by atoms with Gasteiger partial charge < -0.3 is 9.64 Å². The molecule has 2 heterocycles. The van der Waals surface area contributed by atoms with Crippen LogP contribution in [0.15, 0.2) is 6.20 Å². The highest BCUT2D eigenvalue weighted by Crippen LogP contribution is 2.24. The molecule has 1 aromatic heterocycles. The molecule has 9 heteroatoms. The van der Waals surface area contributed by atoms with Crippen molar-refractivity contribution in [1.82, 2.24) is 9.88 Å². The molecular formula is C15H23ClN2O4S2. The number of ether oxygens (including phenoxy) is 1. The minimum Gasteiger partial charge on any atom is -0.444 e. The number of hydrogen-bond acceptors (Lipinski definition) is 6. The fourth-order valence-electron chi connectivity index (χ4n) is 2.68. The molecule has 1 amide bonds. The molecule has 0 unspecified atom stereocenters. The Kier molecular flexibility index (Phi) is 6.14. The van der Waals surface area contributed by atoms with Crippen molar-refractivity contribution in [3.05, 3.63) is 15.5 Å². The second-order valence-electron chi connectivity index (χ2n) is 7.07. The van der Waals surface area contributed by atoms with E-state index in [1.54, 1.807) is 4.90 Å². The lowest BCUT2D eigenvalue weighted by Gasteiger charge is -2.34. The third-order valence-electron chi connectivity index (χ3n) is 3.55. The van der Waals surface area contributed by atoms with Gasteiger partial charge in [0.2, 0.25) is 0 Å². The number of carbonyl (C=O) groups excluding carboxylic acids is 1. The number of piperidine rings is 1. The number of rotatable bonds is 4. The monoisotopic (exact) mass is 394 g/mol. The van der Waals surface area contributed by atoms with Gasteiger partial charge in [-0.15, -0.1) is 11.3 Å². The van der Waals surface area contributed by atoms with Crippen LogP contribution in [-0.2, 0) is 20.3 Å². The number of likely N-dealkylation sites (tertiary alicyclic amines) is 1. The zero-order valence-corrected chi connectivity index (χ0v) is 16.5. The topological polar surface area (TPSA) is 76.6 Å². The van der Waals surface area contributed by atoms with E-state index in [-0.39, 0.29) is 23.5 Å². The lowest BCUT2D eigenvalue weighted by atomic mass is 10.0. The van der Waals surface area contributed by atoms with Gasteiger partial charge in [0, 0.05) is 24.2 Å². The largest absolute Gasteiger partial charge is 0.444 e. The molecule has 1 atom stereocenters. The summed E-state index contributed by atoms with van der Waals surface area (Å²) in [5.41, 5.74) is -0.554. The van der Waals surface area contributed by atoms with Gasteiger partial charge in [0.05, 0.1) is 11.5 Å². The molecule has 0 N–H and O–H groups in total. The summed E-state index contributed by atoms with van der Waals surface area (Å²) in [7, 11) is -3.27. The van der Waals surface area contributed by atoms with E-state index in [4.69, 9.17) is 16.3 Å². The smallest absolute Gasteiger partial charge is 0.410 e. The Morgan fingerprint density at radius 3 is 2.79 bits per heavy atom. The van der Waals surface area contributed by atoms with Crippen LogP contribution in [0.1, 0.15) is 38.5 Å². The van der Waals surface area contributed by atoms with Crippen LogP contribution >= 0.6 is 22.9 Å². The summed E-state index contributed by atoms with van der Waals surface area (Å²) in [4.78, 5) is 18.3. The minimum absolute atomic E-state index is 0.0552. The molecule has 1 saturated heterocycles. The molecule has 1 aliphatic rings. The van der Waals surface area contributed by atoms with E-state index in [9.17, 15) is 13.2 Å². The van der Waals surface area contributed by atoms with Gasteiger partial charge >= 0.3 is 6.09 Å². The van der Waals surface area contributed by atoms with Gasteiger partial charge in [-0.05, 0) is 39.5 Å². The van der Waals surface area contributed by atoms with Gasteiger partial charge in [-0.3, -0.25) is 0 Å². The van der Waals surface area contributed by atoms with Crippen molar-refractivity contribution in [2.75, 3.05) is 18.8 Å². The zero-order valence-electron chi connectivity index (χ0n) is 14.1. The second-order valence-corrected chi connectivity index (χ2v) is 10.9. The third-order valence-corrected chi connectivity index (χ3v) is 6.58.